The molecule has 0 unspecified atom stereocenters. The molecular weight excluding hydrogens is 270 g/mol. The summed E-state index contributed by atoms with van der Waals surface area (Å²) in [4.78, 5) is 4.09. The lowest BCUT2D eigenvalue weighted by atomic mass is 10.2. The molecule has 0 saturated carbocycles. The van der Waals surface area contributed by atoms with Gasteiger partial charge < -0.3 is 0 Å². The van der Waals surface area contributed by atoms with Crippen molar-refractivity contribution in [3.63, 3.8) is 0 Å². The number of halogens is 1. The Balaban J connectivity index is 2.10. The molecule has 0 spiro atoms. The number of benzene rings is 1. The van der Waals surface area contributed by atoms with Gasteiger partial charge in [0.25, 0.3) is 0 Å². The topological polar surface area (TPSA) is 21.1 Å². The van der Waals surface area contributed by atoms with Crippen LogP contribution in [-0.4, -0.2) is 16.2 Å². The molecule has 0 atom stereocenters. The molecule has 0 saturated heterocycles. The van der Waals surface area contributed by atoms with Crippen molar-refractivity contribution in [2.75, 3.05) is 11.6 Å². The maximum atomic E-state index is 6.05. The van der Waals surface area contributed by atoms with Gasteiger partial charge >= 0.3 is 0 Å². The smallest absolute Gasteiger partial charge is 0.0699 e. The zero-order valence-electron chi connectivity index (χ0n) is 11.3. The number of hydrogen-bond donors (Lipinski definition) is 0. The zero-order valence-corrected chi connectivity index (χ0v) is 12.1. The molecule has 0 aliphatic carbocycles. The first-order chi connectivity index (χ1) is 9.79. The second-order valence-electron chi connectivity index (χ2n) is 4.69. The molecule has 3 rings (SSSR count). The van der Waals surface area contributed by atoms with Gasteiger partial charge in [-0.3, -0.25) is 14.7 Å². The minimum atomic E-state index is 0.765. The number of aromatic nitrogens is 2. The van der Waals surface area contributed by atoms with E-state index in [2.05, 4.69) is 39.9 Å². The predicted octanol–water partition coefficient (Wildman–Crippen LogP) is 4.37. The molecule has 102 valence electrons. The van der Waals surface area contributed by atoms with Crippen LogP contribution in [0.25, 0.3) is 10.9 Å². The maximum Gasteiger partial charge on any atom is 0.0699 e. The van der Waals surface area contributed by atoms with Crippen molar-refractivity contribution in [1.82, 2.24) is 9.66 Å². The Bertz CT molecular complexity index is 706. The minimum Gasteiger partial charge on any atom is -0.281 e. The summed E-state index contributed by atoms with van der Waals surface area (Å²) in [5, 5.41) is 4.16. The Labute approximate surface area is 123 Å². The van der Waals surface area contributed by atoms with Gasteiger partial charge in [0.05, 0.1) is 11.2 Å². The average Bonchev–Trinajstić information content (AvgIpc) is 2.88. The molecule has 2 aromatic heterocycles. The first kappa shape index (κ1) is 13.0. The zero-order chi connectivity index (χ0) is 13.9. The Morgan fingerprint density at radius 2 is 1.95 bits per heavy atom. The number of anilines is 1. The van der Waals surface area contributed by atoms with Crippen molar-refractivity contribution >= 4 is 28.2 Å². The van der Waals surface area contributed by atoms with Crippen molar-refractivity contribution in [1.29, 1.82) is 0 Å². The average molecular weight is 286 g/mol. The quantitative estimate of drug-likeness (QED) is 0.710. The molecule has 0 N–H and O–H groups in total. The van der Waals surface area contributed by atoms with Gasteiger partial charge in [-0.1, -0.05) is 18.5 Å². The molecule has 20 heavy (non-hydrogen) atoms. The van der Waals surface area contributed by atoms with Gasteiger partial charge in [-0.2, -0.15) is 0 Å². The molecule has 1 aromatic carbocycles. The predicted molar refractivity (Wildman–Crippen MR) is 84.2 cm³/mol. The minimum absolute atomic E-state index is 0.765. The van der Waals surface area contributed by atoms with Crippen LogP contribution in [0.15, 0.2) is 55.0 Å². The summed E-state index contributed by atoms with van der Waals surface area (Å²) >= 11 is 6.05. The summed E-state index contributed by atoms with van der Waals surface area (Å²) in [5.41, 5.74) is 2.29. The van der Waals surface area contributed by atoms with Crippen molar-refractivity contribution < 1.29 is 0 Å². The maximum absolute atomic E-state index is 6.05. The SMILES string of the molecule is CCCN(c1ccncc1)n1ccc2cc(Cl)ccc21. The molecule has 0 bridgehead atoms. The van der Waals surface area contributed by atoms with Gasteiger partial charge in [0.2, 0.25) is 0 Å². The van der Waals surface area contributed by atoms with Gasteiger partial charge in [0, 0.05) is 35.5 Å². The Morgan fingerprint density at radius 1 is 1.15 bits per heavy atom. The standard InChI is InChI=1S/C16H16ClN3/c1-2-10-19(15-5-8-18-9-6-15)20-11-7-13-12-14(17)3-4-16(13)20/h3-9,11-12H,2,10H2,1H3. The lowest BCUT2D eigenvalue weighted by Gasteiger charge is -2.26. The van der Waals surface area contributed by atoms with Crippen LogP contribution in [0.5, 0.6) is 0 Å². The van der Waals surface area contributed by atoms with Crippen molar-refractivity contribution in [3.05, 3.63) is 60.0 Å². The number of fused-ring (bicyclic) bond motifs is 1. The summed E-state index contributed by atoms with van der Waals surface area (Å²) in [6, 6.07) is 12.1. The molecule has 4 heteroatoms. The van der Waals surface area contributed by atoms with Crippen LogP contribution in [0.2, 0.25) is 5.02 Å². The fraction of sp³-hybridized carbons (Fsp3) is 0.188. The highest BCUT2D eigenvalue weighted by molar-refractivity contribution is 6.31. The van der Waals surface area contributed by atoms with Crippen LogP contribution in [0.1, 0.15) is 13.3 Å². The van der Waals surface area contributed by atoms with Crippen molar-refractivity contribution in [3.8, 4) is 0 Å². The first-order valence-electron chi connectivity index (χ1n) is 6.74. The number of nitrogens with zero attached hydrogens (tertiary/aromatic N) is 3. The molecule has 3 nitrogen and oxygen atoms in total. The molecular formula is C16H16ClN3. The molecule has 3 aromatic rings. The third-order valence-electron chi connectivity index (χ3n) is 3.29. The van der Waals surface area contributed by atoms with E-state index in [0.717, 1.165) is 34.6 Å². The van der Waals surface area contributed by atoms with Gasteiger partial charge in [0.1, 0.15) is 0 Å². The first-order valence-corrected chi connectivity index (χ1v) is 7.12. The number of pyridine rings is 1. The fourth-order valence-electron chi connectivity index (χ4n) is 2.40. The van der Waals surface area contributed by atoms with E-state index in [9.17, 15) is 0 Å². The molecule has 0 radical (unpaired) electrons. The lowest BCUT2D eigenvalue weighted by Crippen LogP contribution is -2.29. The van der Waals surface area contributed by atoms with E-state index >= 15 is 0 Å². The third kappa shape index (κ3) is 2.37. The highest BCUT2D eigenvalue weighted by Gasteiger charge is 2.10. The van der Waals surface area contributed by atoms with Gasteiger partial charge in [0.15, 0.2) is 0 Å². The third-order valence-corrected chi connectivity index (χ3v) is 3.52. The summed E-state index contributed by atoms with van der Waals surface area (Å²) in [5.74, 6) is 0. The van der Waals surface area contributed by atoms with Gasteiger partial charge in [-0.05, 0) is 42.8 Å². The van der Waals surface area contributed by atoms with E-state index in [1.54, 1.807) is 0 Å². The highest BCUT2D eigenvalue weighted by atomic mass is 35.5. The second kappa shape index (κ2) is 5.55. The van der Waals surface area contributed by atoms with E-state index in [4.69, 9.17) is 11.6 Å². The van der Waals surface area contributed by atoms with Crippen LogP contribution in [-0.2, 0) is 0 Å². The van der Waals surface area contributed by atoms with Crippen LogP contribution in [0.4, 0.5) is 5.69 Å². The summed E-state index contributed by atoms with van der Waals surface area (Å²) in [6.07, 6.45) is 6.79. The summed E-state index contributed by atoms with van der Waals surface area (Å²) in [7, 11) is 0. The molecule has 0 aliphatic rings. The molecule has 0 aliphatic heterocycles. The highest BCUT2D eigenvalue weighted by Crippen LogP contribution is 2.24. The molecule has 0 amide bonds. The Hall–Kier alpha value is -2.00. The monoisotopic (exact) mass is 285 g/mol. The molecule has 2 heterocycles. The normalized spacial score (nSPS) is 10.9. The van der Waals surface area contributed by atoms with E-state index < -0.39 is 0 Å². The van der Waals surface area contributed by atoms with Crippen LogP contribution >= 0.6 is 11.6 Å². The summed E-state index contributed by atoms with van der Waals surface area (Å²) in [6.45, 7) is 3.12. The van der Waals surface area contributed by atoms with Crippen molar-refractivity contribution in [2.24, 2.45) is 0 Å². The van der Waals surface area contributed by atoms with E-state index in [1.807, 2.05) is 36.7 Å². The number of rotatable bonds is 4. The number of hydrogen-bond acceptors (Lipinski definition) is 2. The van der Waals surface area contributed by atoms with Crippen molar-refractivity contribution in [2.45, 2.75) is 13.3 Å². The van der Waals surface area contributed by atoms with Gasteiger partial charge in [-0.25, -0.2) is 0 Å². The van der Waals surface area contributed by atoms with E-state index in [0.29, 0.717) is 0 Å². The summed E-state index contributed by atoms with van der Waals surface area (Å²) < 4.78 is 2.17. The molecule has 0 fully saturated rings. The van der Waals surface area contributed by atoms with Crippen LogP contribution in [0, 0.1) is 0 Å². The van der Waals surface area contributed by atoms with Gasteiger partial charge in [-0.15, -0.1) is 0 Å². The van der Waals surface area contributed by atoms with Crippen LogP contribution < -0.4 is 5.01 Å². The van der Waals surface area contributed by atoms with Crippen LogP contribution in [0.3, 0.4) is 0 Å². The Kier molecular flexibility index (Phi) is 3.61. The Morgan fingerprint density at radius 3 is 2.70 bits per heavy atom. The lowest BCUT2D eigenvalue weighted by molar-refractivity contribution is 0.696. The second-order valence-corrected chi connectivity index (χ2v) is 5.13. The largest absolute Gasteiger partial charge is 0.281 e. The van der Waals surface area contributed by atoms with E-state index in [1.165, 1.54) is 0 Å². The van der Waals surface area contributed by atoms with E-state index in [-0.39, 0.29) is 0 Å². The fourth-order valence-corrected chi connectivity index (χ4v) is 2.58.